The normalized spacial score (nSPS) is 5.11. The molecule has 2 nitrogen and oxygen atoms in total. The number of hydrogen-bond donors (Lipinski definition) is 1. The van der Waals surface area contributed by atoms with E-state index in [0.29, 0.717) is 0 Å². The molecular weight excluding hydrogens is 112 g/mol. The van der Waals surface area contributed by atoms with Crippen LogP contribution in [0.4, 0.5) is 0 Å². The van der Waals surface area contributed by atoms with Crippen molar-refractivity contribution in [2.24, 2.45) is 0 Å². The SMILES string of the molecule is CC.CC.CN(C)C=N. The molecule has 0 atom stereocenters. The lowest BCUT2D eigenvalue weighted by Crippen LogP contribution is -2.05. The van der Waals surface area contributed by atoms with Crippen LogP contribution in [0.5, 0.6) is 0 Å². The number of nitrogens with zero attached hydrogens (tertiary/aromatic N) is 1. The van der Waals surface area contributed by atoms with Gasteiger partial charge >= 0.3 is 0 Å². The zero-order valence-corrected chi connectivity index (χ0v) is 7.52. The van der Waals surface area contributed by atoms with E-state index in [-0.39, 0.29) is 0 Å². The molecule has 0 fully saturated rings. The standard InChI is InChI=1S/C3H8N2.2C2H6/c1-5(2)3-4;2*1-2/h3-4H,1-2H3;2*1-2H3. The van der Waals surface area contributed by atoms with Crippen LogP contribution >= 0.6 is 0 Å². The van der Waals surface area contributed by atoms with Crippen molar-refractivity contribution in [1.82, 2.24) is 4.90 Å². The molecule has 0 saturated carbocycles. The highest BCUT2D eigenvalue weighted by Gasteiger charge is 1.64. The Balaban J connectivity index is -0.0000000771. The van der Waals surface area contributed by atoms with E-state index in [0.717, 1.165) is 0 Å². The van der Waals surface area contributed by atoms with Crippen LogP contribution in [0.3, 0.4) is 0 Å². The van der Waals surface area contributed by atoms with Gasteiger partial charge in [-0.25, -0.2) is 0 Å². The third kappa shape index (κ3) is 103. The van der Waals surface area contributed by atoms with Gasteiger partial charge < -0.3 is 4.90 Å². The van der Waals surface area contributed by atoms with Crippen LogP contribution in [0.15, 0.2) is 0 Å². The van der Waals surface area contributed by atoms with E-state index in [2.05, 4.69) is 0 Å². The summed E-state index contributed by atoms with van der Waals surface area (Å²) in [4.78, 5) is 1.67. The predicted octanol–water partition coefficient (Wildman–Crippen LogP) is 2.21. The molecule has 0 radical (unpaired) electrons. The van der Waals surface area contributed by atoms with Gasteiger partial charge in [0.05, 0.1) is 6.34 Å². The van der Waals surface area contributed by atoms with Gasteiger partial charge in [0.25, 0.3) is 0 Å². The molecular formula is C7H20N2. The highest BCUT2D eigenvalue weighted by Crippen LogP contribution is 1.53. The van der Waals surface area contributed by atoms with Crippen molar-refractivity contribution in [3.05, 3.63) is 0 Å². The third-order valence-electron chi connectivity index (χ3n) is 0.258. The maximum Gasteiger partial charge on any atom is 0.0812 e. The highest BCUT2D eigenvalue weighted by molar-refractivity contribution is 5.49. The molecule has 0 bridgehead atoms. The zero-order valence-electron chi connectivity index (χ0n) is 7.52. The Hall–Kier alpha value is -0.530. The molecule has 0 aliphatic heterocycles. The summed E-state index contributed by atoms with van der Waals surface area (Å²) in [5.74, 6) is 0. The largest absolute Gasteiger partial charge is 0.369 e. The molecule has 9 heavy (non-hydrogen) atoms. The summed E-state index contributed by atoms with van der Waals surface area (Å²) >= 11 is 0. The number of nitrogens with one attached hydrogen (secondary N) is 1. The summed E-state index contributed by atoms with van der Waals surface area (Å²) in [5.41, 5.74) is 0. The van der Waals surface area contributed by atoms with E-state index in [1.807, 2.05) is 41.8 Å². The van der Waals surface area contributed by atoms with Crippen LogP contribution in [0.25, 0.3) is 0 Å². The second-order valence-electron chi connectivity index (χ2n) is 1.09. The van der Waals surface area contributed by atoms with Gasteiger partial charge in [-0.3, -0.25) is 5.41 Å². The van der Waals surface area contributed by atoms with Gasteiger partial charge in [-0.15, -0.1) is 0 Å². The Kier molecular flexibility index (Phi) is 45.6. The maximum atomic E-state index is 6.46. The molecule has 0 amide bonds. The van der Waals surface area contributed by atoms with Gasteiger partial charge in [0.15, 0.2) is 0 Å². The van der Waals surface area contributed by atoms with E-state index in [9.17, 15) is 0 Å². The second kappa shape index (κ2) is 26.0. The number of rotatable bonds is 1. The molecule has 0 aliphatic carbocycles. The fraction of sp³-hybridized carbons (Fsp3) is 0.857. The van der Waals surface area contributed by atoms with Crippen molar-refractivity contribution in [1.29, 1.82) is 5.41 Å². The van der Waals surface area contributed by atoms with E-state index in [4.69, 9.17) is 5.41 Å². The van der Waals surface area contributed by atoms with E-state index < -0.39 is 0 Å². The summed E-state index contributed by atoms with van der Waals surface area (Å²) in [6.07, 6.45) is 1.25. The van der Waals surface area contributed by atoms with Crippen molar-refractivity contribution in [3.63, 3.8) is 0 Å². The van der Waals surface area contributed by atoms with Gasteiger partial charge in [-0.2, -0.15) is 0 Å². The molecule has 0 rings (SSSR count). The summed E-state index contributed by atoms with van der Waals surface area (Å²) < 4.78 is 0. The average Bonchev–Trinajstić information content (AvgIpc) is 1.97. The molecule has 0 spiro atoms. The fourth-order valence-corrected chi connectivity index (χ4v) is 0. The first-order valence-electron chi connectivity index (χ1n) is 3.44. The minimum Gasteiger partial charge on any atom is -0.369 e. The zero-order chi connectivity index (χ0) is 8.28. The predicted molar refractivity (Wildman–Crippen MR) is 45.2 cm³/mol. The lowest BCUT2D eigenvalue weighted by Gasteiger charge is -1.96. The molecule has 0 heterocycles. The van der Waals surface area contributed by atoms with Crippen molar-refractivity contribution in [2.75, 3.05) is 14.1 Å². The van der Waals surface area contributed by atoms with Crippen LogP contribution < -0.4 is 0 Å². The summed E-state index contributed by atoms with van der Waals surface area (Å²) in [5, 5.41) is 6.46. The average molecular weight is 132 g/mol. The minimum atomic E-state index is 1.25. The van der Waals surface area contributed by atoms with Gasteiger partial charge in [-0.05, 0) is 0 Å². The summed E-state index contributed by atoms with van der Waals surface area (Å²) in [6, 6.07) is 0. The van der Waals surface area contributed by atoms with Gasteiger partial charge in [-0.1, -0.05) is 27.7 Å². The fourth-order valence-electron chi connectivity index (χ4n) is 0. The molecule has 0 aromatic heterocycles. The Labute approximate surface area is 59.4 Å². The minimum absolute atomic E-state index is 1.25. The molecule has 1 N–H and O–H groups in total. The van der Waals surface area contributed by atoms with E-state index in [1.54, 1.807) is 4.90 Å². The molecule has 58 valence electrons. The molecule has 0 aromatic carbocycles. The molecule has 2 heteroatoms. The van der Waals surface area contributed by atoms with Crippen molar-refractivity contribution >= 4 is 6.34 Å². The first-order valence-corrected chi connectivity index (χ1v) is 3.44. The van der Waals surface area contributed by atoms with Gasteiger partial charge in [0, 0.05) is 14.1 Å². The Morgan fingerprint density at radius 2 is 1.11 bits per heavy atom. The van der Waals surface area contributed by atoms with Crippen molar-refractivity contribution < 1.29 is 0 Å². The first-order chi connectivity index (χ1) is 4.27. The molecule has 0 unspecified atom stereocenters. The van der Waals surface area contributed by atoms with Crippen molar-refractivity contribution in [2.45, 2.75) is 27.7 Å². The Morgan fingerprint density at radius 1 is 1.00 bits per heavy atom. The lowest BCUT2D eigenvalue weighted by atomic mass is 11.0. The van der Waals surface area contributed by atoms with E-state index >= 15 is 0 Å². The maximum absolute atomic E-state index is 6.46. The Morgan fingerprint density at radius 3 is 1.11 bits per heavy atom. The topological polar surface area (TPSA) is 27.1 Å². The Bertz CT molecular complexity index is 33.9. The lowest BCUT2D eigenvalue weighted by molar-refractivity contribution is 0.639. The van der Waals surface area contributed by atoms with Gasteiger partial charge in [0.2, 0.25) is 0 Å². The van der Waals surface area contributed by atoms with Crippen LogP contribution in [-0.2, 0) is 0 Å². The van der Waals surface area contributed by atoms with Crippen LogP contribution in [0.1, 0.15) is 27.7 Å². The summed E-state index contributed by atoms with van der Waals surface area (Å²) in [7, 11) is 3.62. The third-order valence-corrected chi connectivity index (χ3v) is 0.258. The molecule has 0 saturated heterocycles. The van der Waals surface area contributed by atoms with Gasteiger partial charge in [0.1, 0.15) is 0 Å². The molecule has 0 aromatic rings. The molecule has 0 aliphatic rings. The van der Waals surface area contributed by atoms with Crippen LogP contribution in [0, 0.1) is 5.41 Å². The smallest absolute Gasteiger partial charge is 0.0812 e. The van der Waals surface area contributed by atoms with Crippen LogP contribution in [0.2, 0.25) is 0 Å². The second-order valence-corrected chi connectivity index (χ2v) is 1.09. The van der Waals surface area contributed by atoms with E-state index in [1.165, 1.54) is 6.34 Å². The summed E-state index contributed by atoms with van der Waals surface area (Å²) in [6.45, 7) is 8.00. The first kappa shape index (κ1) is 15.8. The van der Waals surface area contributed by atoms with Crippen molar-refractivity contribution in [3.8, 4) is 0 Å². The quantitative estimate of drug-likeness (QED) is 0.430. The highest BCUT2D eigenvalue weighted by atomic mass is 15.1. The number of hydrogen-bond acceptors (Lipinski definition) is 1. The van der Waals surface area contributed by atoms with Crippen LogP contribution in [-0.4, -0.2) is 25.3 Å². The monoisotopic (exact) mass is 132 g/mol.